The van der Waals surface area contributed by atoms with E-state index in [9.17, 15) is 45.6 Å². The Bertz CT molecular complexity index is 2540. The van der Waals surface area contributed by atoms with Crippen LogP contribution in [0.15, 0.2) is 48.1 Å². The highest BCUT2D eigenvalue weighted by molar-refractivity contribution is 5.87. The third-order valence-corrected chi connectivity index (χ3v) is 21.9. The van der Waals surface area contributed by atoms with Crippen LogP contribution in [0.3, 0.4) is 0 Å². The van der Waals surface area contributed by atoms with Gasteiger partial charge >= 0.3 is 5.97 Å². The molecule has 0 radical (unpaired) electrons. The molecule has 0 bridgehead atoms. The molecule has 498 valence electrons. The molecular formula is C64H98O24. The van der Waals surface area contributed by atoms with Gasteiger partial charge in [-0.3, -0.25) is 0 Å². The summed E-state index contributed by atoms with van der Waals surface area (Å²) in [5.74, 6) is -1.23. The van der Waals surface area contributed by atoms with Crippen LogP contribution in [0.2, 0.25) is 0 Å². The van der Waals surface area contributed by atoms with Crippen LogP contribution in [0.1, 0.15) is 125 Å². The topological polar surface area (TPSA) is 317 Å². The van der Waals surface area contributed by atoms with Gasteiger partial charge in [-0.05, 0) is 96.6 Å². The average Bonchev–Trinajstić information content (AvgIpc) is 1.35. The molecule has 8 N–H and O–H groups in total. The third-order valence-electron chi connectivity index (χ3n) is 21.9. The van der Waals surface area contributed by atoms with Crippen LogP contribution in [-0.4, -0.2) is 246 Å². The molecule has 0 amide bonds. The summed E-state index contributed by atoms with van der Waals surface area (Å²) in [4.78, 5) is 13.7. The van der Waals surface area contributed by atoms with Crippen molar-refractivity contribution in [3.63, 3.8) is 0 Å². The molecular weight excluding hydrogens is 1150 g/mol. The molecule has 5 saturated heterocycles. The number of carbonyl (C=O) groups excluding carboxylic acids is 1. The van der Waals surface area contributed by atoms with E-state index in [1.165, 1.54) is 20.1 Å². The van der Waals surface area contributed by atoms with E-state index in [0.717, 1.165) is 11.1 Å². The lowest BCUT2D eigenvalue weighted by atomic mass is 9.42. The molecule has 0 unspecified atom stereocenters. The van der Waals surface area contributed by atoms with Gasteiger partial charge in [-0.15, -0.1) is 0 Å². The number of esters is 1. The van der Waals surface area contributed by atoms with Crippen molar-refractivity contribution in [2.45, 2.75) is 283 Å². The summed E-state index contributed by atoms with van der Waals surface area (Å²) >= 11 is 0. The molecule has 3 saturated carbocycles. The number of fused-ring (bicyclic) bond motifs is 5. The van der Waals surface area contributed by atoms with E-state index in [4.69, 9.17) is 71.1 Å². The van der Waals surface area contributed by atoms with Crippen LogP contribution in [0.5, 0.6) is 0 Å². The minimum Gasteiger partial charge on any atom is -0.458 e. The Morgan fingerprint density at radius 2 is 1.14 bits per heavy atom. The second kappa shape index (κ2) is 27.3. The minimum absolute atomic E-state index is 0.000258. The van der Waals surface area contributed by atoms with E-state index >= 15 is 0 Å². The van der Waals surface area contributed by atoms with Gasteiger partial charge in [-0.2, -0.15) is 0 Å². The van der Waals surface area contributed by atoms with Gasteiger partial charge in [0.1, 0.15) is 71.7 Å². The van der Waals surface area contributed by atoms with Crippen molar-refractivity contribution in [3.05, 3.63) is 53.6 Å². The third kappa shape index (κ3) is 12.5. The summed E-state index contributed by atoms with van der Waals surface area (Å²) < 4.78 is 94.4. The molecule has 24 heteroatoms. The molecule has 1 aromatic carbocycles. The molecule has 88 heavy (non-hydrogen) atoms. The van der Waals surface area contributed by atoms with Crippen molar-refractivity contribution in [1.82, 2.24) is 0 Å². The summed E-state index contributed by atoms with van der Waals surface area (Å²) in [7, 11) is 6.35. The van der Waals surface area contributed by atoms with Crippen molar-refractivity contribution < 1.29 is 117 Å². The van der Waals surface area contributed by atoms with Crippen molar-refractivity contribution >= 4 is 12.0 Å². The molecule has 9 aliphatic rings. The first-order valence-electron chi connectivity index (χ1n) is 31.6. The molecule has 8 fully saturated rings. The Kier molecular flexibility index (Phi) is 21.2. The van der Waals surface area contributed by atoms with Crippen LogP contribution in [0.25, 0.3) is 6.08 Å². The number of aliphatic hydroxyl groups excluding tert-OH is 5. The fraction of sp³-hybridized carbons (Fsp3) is 0.828. The largest absolute Gasteiger partial charge is 0.458 e. The second-order valence-electron chi connectivity index (χ2n) is 26.6. The van der Waals surface area contributed by atoms with Crippen LogP contribution >= 0.6 is 0 Å². The first kappa shape index (κ1) is 68.2. The first-order chi connectivity index (χ1) is 41.8. The van der Waals surface area contributed by atoms with Gasteiger partial charge in [-0.1, -0.05) is 55.8 Å². The fourth-order valence-electron chi connectivity index (χ4n) is 16.7. The second-order valence-corrected chi connectivity index (χ2v) is 26.6. The number of aliphatic hydroxyl groups is 8. The van der Waals surface area contributed by atoms with Gasteiger partial charge in [0.25, 0.3) is 0 Å². The fourth-order valence-corrected chi connectivity index (χ4v) is 16.7. The van der Waals surface area contributed by atoms with Crippen molar-refractivity contribution in [3.8, 4) is 0 Å². The average molecular weight is 1250 g/mol. The highest BCUT2D eigenvalue weighted by Crippen LogP contribution is 2.71. The predicted molar refractivity (Wildman–Crippen MR) is 309 cm³/mol. The smallest absolute Gasteiger partial charge is 0.331 e. The summed E-state index contributed by atoms with van der Waals surface area (Å²) in [6.45, 7) is 12.1. The number of hydrogen-bond acceptors (Lipinski definition) is 24. The van der Waals surface area contributed by atoms with Gasteiger partial charge in [-0.25, -0.2) is 4.79 Å². The van der Waals surface area contributed by atoms with E-state index in [1.54, 1.807) is 41.3 Å². The Labute approximate surface area is 515 Å². The number of ether oxygens (including phenoxy) is 15. The lowest BCUT2D eigenvalue weighted by molar-refractivity contribution is -0.359. The maximum atomic E-state index is 13.7. The van der Waals surface area contributed by atoms with Crippen molar-refractivity contribution in [2.24, 2.45) is 16.7 Å². The lowest BCUT2D eigenvalue weighted by Gasteiger charge is -2.67. The highest BCUT2D eigenvalue weighted by atomic mass is 16.8. The Hall–Kier alpha value is -2.71. The van der Waals surface area contributed by atoms with Crippen LogP contribution in [-0.2, 0) is 75.8 Å². The van der Waals surface area contributed by atoms with Gasteiger partial charge in [0.15, 0.2) is 31.5 Å². The summed E-state index contributed by atoms with van der Waals surface area (Å²) in [5.41, 5.74) is -5.91. The van der Waals surface area contributed by atoms with Gasteiger partial charge in [0.2, 0.25) is 0 Å². The Morgan fingerprint density at radius 1 is 0.648 bits per heavy atom. The summed E-state index contributed by atoms with van der Waals surface area (Å²) in [6.07, 6.45) is -11.1. The minimum atomic E-state index is -1.93. The highest BCUT2D eigenvalue weighted by Gasteiger charge is 2.81. The van der Waals surface area contributed by atoms with E-state index in [-0.39, 0.29) is 38.2 Å². The monoisotopic (exact) mass is 1250 g/mol. The van der Waals surface area contributed by atoms with Crippen LogP contribution in [0.4, 0.5) is 0 Å². The van der Waals surface area contributed by atoms with E-state index in [2.05, 4.69) is 6.92 Å². The number of carbonyl (C=O) groups is 1. The van der Waals surface area contributed by atoms with Gasteiger partial charge in [0.05, 0.1) is 73.1 Å². The lowest BCUT2D eigenvalue weighted by Crippen LogP contribution is -2.78. The Morgan fingerprint density at radius 3 is 1.61 bits per heavy atom. The van der Waals surface area contributed by atoms with Crippen molar-refractivity contribution in [2.75, 3.05) is 35.0 Å². The molecule has 30 atom stereocenters. The number of benzene rings is 1. The van der Waals surface area contributed by atoms with Crippen LogP contribution in [0, 0.1) is 16.7 Å². The quantitative estimate of drug-likeness (QED) is 0.0561. The zero-order valence-electron chi connectivity index (χ0n) is 52.6. The van der Waals surface area contributed by atoms with Crippen molar-refractivity contribution in [1.29, 1.82) is 0 Å². The Balaban J connectivity index is 0.723. The van der Waals surface area contributed by atoms with E-state index in [1.807, 2.05) is 57.2 Å². The zero-order chi connectivity index (χ0) is 63.4. The molecule has 4 aliphatic carbocycles. The number of rotatable bonds is 19. The standard InChI is InChI=1S/C64H98O24/c1-32-55(85-49-27-41(75-9)56(33(2)79-49)86-50-28-42(76-10)57(34(3)80-50)87-51-29-43(77-11)58(35(4)81-51)88-59-54(70)53(69)52(68)44(31-65)83-59)40(74-8)26-48(78-32)82-39-20-21-60(6)38(25-39)19-22-63(72)45(60)30-46(84-47(67)18-17-37-15-13-12-14-16-37)61(7)62(71,36(5)66)23-24-64(61,63)73/h12-19,32-36,39-46,48-59,65-66,68-73H,20-31H2,1-11H3/b18-17+/t32-,33+,34-,35+,36+,39+,40+,41+,42+,43-,44-,45-,46-,48+,49+,50+,51+,52-,53+,54-,55-,56-,57-,58+,59+,60+,61-,62-,63+,64-/m1/s1. The summed E-state index contributed by atoms with van der Waals surface area (Å²) in [6, 6.07) is 9.32. The maximum absolute atomic E-state index is 13.7. The molecule has 0 aromatic heterocycles. The predicted octanol–water partition coefficient (Wildman–Crippen LogP) is 2.85. The number of methoxy groups -OCH3 is 4. The van der Waals surface area contributed by atoms with Gasteiger partial charge in [0, 0.05) is 66.1 Å². The van der Waals surface area contributed by atoms with Crippen LogP contribution < -0.4 is 0 Å². The maximum Gasteiger partial charge on any atom is 0.331 e. The molecule has 0 spiro atoms. The molecule has 5 aliphatic heterocycles. The zero-order valence-corrected chi connectivity index (χ0v) is 52.6. The molecule has 1 aromatic rings. The normalized spacial score (nSPS) is 49.3. The molecule has 24 nitrogen and oxygen atoms in total. The number of hydrogen-bond donors (Lipinski definition) is 8. The molecule has 10 rings (SSSR count). The van der Waals surface area contributed by atoms with E-state index < -0.39 is 187 Å². The van der Waals surface area contributed by atoms with E-state index in [0.29, 0.717) is 38.5 Å². The van der Waals surface area contributed by atoms with Gasteiger partial charge < -0.3 is 112 Å². The summed E-state index contributed by atoms with van der Waals surface area (Å²) in [5, 5.41) is 90.5. The SMILES string of the molecule is CO[C@H]1C[C@H](O[C@H]2[C@@H](OC)C[C@H](O[C@H]3CC[C@@]4(C)C(=CC[C@]5(O)[C@@H]4C[C@@H](OC(=O)/C=C/c4ccccc4)[C@@]4(C)[C@]5(O)CC[C@@]4(O)[C@H](C)O)C3)O[C@@H]2C)O[C@@H](C)[C@H]1O[C@H]1C[C@H](OC)[C@H](O[C@H]2C[C@@H](OC)[C@@H](O[C@@H]3O[C@H](CO)[C@@H](O)[C@H](O)[C@H]3O)[C@H](C)O2)[C@@H](C)O1. The molecule has 5 heterocycles. The first-order valence-corrected chi connectivity index (χ1v) is 31.6.